The number of halogens is 6. The summed E-state index contributed by atoms with van der Waals surface area (Å²) >= 11 is 0. The van der Waals surface area contributed by atoms with Crippen LogP contribution in [0, 0.1) is 5.41 Å². The molecule has 0 aliphatic heterocycles. The van der Waals surface area contributed by atoms with E-state index < -0.39 is 23.4 Å². The third kappa shape index (κ3) is 1.82. The van der Waals surface area contributed by atoms with Crippen LogP contribution in [0.25, 0.3) is 0 Å². The zero-order chi connectivity index (χ0) is 12.0. The van der Waals surface area contributed by atoms with E-state index in [0.29, 0.717) is 0 Å². The summed E-state index contributed by atoms with van der Waals surface area (Å²) in [6.45, 7) is 0.162. The number of rotatable bonds is 3. The minimum absolute atomic E-state index is 0.171. The molecule has 0 fully saturated rings. The minimum atomic E-state index is -5.02. The summed E-state index contributed by atoms with van der Waals surface area (Å²) < 4.78 is 74.8. The summed E-state index contributed by atoms with van der Waals surface area (Å²) in [6, 6.07) is 0. The van der Waals surface area contributed by atoms with Crippen molar-refractivity contribution in [1.29, 1.82) is 0 Å². The van der Waals surface area contributed by atoms with Gasteiger partial charge in [-0.2, -0.15) is 17.6 Å². The van der Waals surface area contributed by atoms with Crippen LogP contribution in [0.2, 0.25) is 0 Å². The van der Waals surface area contributed by atoms with Gasteiger partial charge in [-0.3, -0.25) is 0 Å². The standard InChI is InChI=1S/C7H10F6O/c1-4(2,7(12,13)14)6(10,11)5(3,8)9/h14H,1-3H3. The predicted octanol–water partition coefficient (Wildman–Crippen LogP) is 2.89. The number of aliphatic hydroxyl groups is 1. The fourth-order valence-corrected chi connectivity index (χ4v) is 0.738. The molecule has 0 bridgehead atoms. The van der Waals surface area contributed by atoms with E-state index in [9.17, 15) is 26.3 Å². The van der Waals surface area contributed by atoms with Crippen LogP contribution in [-0.4, -0.2) is 23.1 Å². The molecule has 0 saturated heterocycles. The Morgan fingerprint density at radius 3 is 1.14 bits per heavy atom. The van der Waals surface area contributed by atoms with Crippen LogP contribution >= 0.6 is 0 Å². The second kappa shape index (κ2) is 3.01. The molecule has 7 heteroatoms. The lowest BCUT2D eigenvalue weighted by Gasteiger charge is -2.39. The highest BCUT2D eigenvalue weighted by Gasteiger charge is 2.70. The Balaban J connectivity index is 5.30. The van der Waals surface area contributed by atoms with Gasteiger partial charge in [0.05, 0.1) is 0 Å². The molecule has 0 heterocycles. The Bertz CT molecular complexity index is 187. The second-order valence-corrected chi connectivity index (χ2v) is 3.63. The van der Waals surface area contributed by atoms with Crippen LogP contribution in [0.15, 0.2) is 0 Å². The molecule has 14 heavy (non-hydrogen) atoms. The molecule has 0 aromatic rings. The third-order valence-electron chi connectivity index (χ3n) is 2.09. The lowest BCUT2D eigenvalue weighted by atomic mass is 9.81. The molecular formula is C7H10F6O. The smallest absolute Gasteiger partial charge is 0.336 e. The molecule has 86 valence electrons. The molecule has 0 aliphatic carbocycles. The van der Waals surface area contributed by atoms with Gasteiger partial charge in [0, 0.05) is 6.92 Å². The van der Waals surface area contributed by atoms with Gasteiger partial charge < -0.3 is 5.11 Å². The SMILES string of the molecule is CC(F)(F)C(F)(F)C(C)(C)C(O)(F)F. The van der Waals surface area contributed by atoms with E-state index in [4.69, 9.17) is 5.11 Å². The first-order valence-corrected chi connectivity index (χ1v) is 3.61. The number of hydrogen-bond donors (Lipinski definition) is 1. The largest absolute Gasteiger partial charge is 0.364 e. The summed E-state index contributed by atoms with van der Waals surface area (Å²) in [6.07, 6.45) is -4.89. The van der Waals surface area contributed by atoms with E-state index in [1.54, 1.807) is 0 Å². The summed E-state index contributed by atoms with van der Waals surface area (Å²) in [5.74, 6) is -9.65. The molecule has 0 amide bonds. The molecule has 0 aromatic carbocycles. The number of hydrogen-bond acceptors (Lipinski definition) is 1. The van der Waals surface area contributed by atoms with Crippen molar-refractivity contribution in [3.8, 4) is 0 Å². The monoisotopic (exact) mass is 224 g/mol. The van der Waals surface area contributed by atoms with E-state index in [2.05, 4.69) is 0 Å². The first kappa shape index (κ1) is 13.5. The first-order valence-electron chi connectivity index (χ1n) is 3.61. The van der Waals surface area contributed by atoms with Gasteiger partial charge in [-0.15, -0.1) is 0 Å². The lowest BCUT2D eigenvalue weighted by Crippen LogP contribution is -2.57. The topological polar surface area (TPSA) is 20.2 Å². The minimum Gasteiger partial charge on any atom is -0.336 e. The summed E-state index contributed by atoms with van der Waals surface area (Å²) in [4.78, 5) is 0. The first-order chi connectivity index (χ1) is 5.75. The highest BCUT2D eigenvalue weighted by molar-refractivity contribution is 4.97. The van der Waals surface area contributed by atoms with Crippen LogP contribution in [0.3, 0.4) is 0 Å². The van der Waals surface area contributed by atoms with Crippen LogP contribution < -0.4 is 0 Å². The second-order valence-electron chi connectivity index (χ2n) is 3.63. The molecule has 0 atom stereocenters. The average molecular weight is 224 g/mol. The molecule has 0 radical (unpaired) electrons. The molecule has 0 unspecified atom stereocenters. The van der Waals surface area contributed by atoms with E-state index in [1.165, 1.54) is 0 Å². The van der Waals surface area contributed by atoms with Crippen molar-refractivity contribution >= 4 is 0 Å². The van der Waals surface area contributed by atoms with Crippen molar-refractivity contribution in [2.45, 2.75) is 38.7 Å². The van der Waals surface area contributed by atoms with E-state index >= 15 is 0 Å². The van der Waals surface area contributed by atoms with Crippen LogP contribution in [0.1, 0.15) is 20.8 Å². The Kier molecular flexibility index (Phi) is 2.91. The Labute approximate surface area is 76.7 Å². The van der Waals surface area contributed by atoms with Crippen LogP contribution in [0.5, 0.6) is 0 Å². The van der Waals surface area contributed by atoms with Crippen LogP contribution in [0.4, 0.5) is 26.3 Å². The van der Waals surface area contributed by atoms with E-state index in [0.717, 1.165) is 0 Å². The van der Waals surface area contributed by atoms with E-state index in [1.807, 2.05) is 0 Å². The maximum atomic E-state index is 12.8. The van der Waals surface area contributed by atoms with Crippen molar-refractivity contribution in [1.82, 2.24) is 0 Å². The summed E-state index contributed by atoms with van der Waals surface area (Å²) in [7, 11) is 0. The van der Waals surface area contributed by atoms with Gasteiger partial charge in [0.25, 0.3) is 0 Å². The average Bonchev–Trinajstić information content (AvgIpc) is 1.81. The zero-order valence-corrected chi connectivity index (χ0v) is 7.72. The van der Waals surface area contributed by atoms with Crippen molar-refractivity contribution in [3.63, 3.8) is 0 Å². The molecule has 0 saturated carbocycles. The van der Waals surface area contributed by atoms with Crippen molar-refractivity contribution < 1.29 is 31.4 Å². The molecule has 0 aliphatic rings. The third-order valence-corrected chi connectivity index (χ3v) is 2.09. The Hall–Kier alpha value is -0.460. The fourth-order valence-electron chi connectivity index (χ4n) is 0.738. The maximum Gasteiger partial charge on any atom is 0.364 e. The van der Waals surface area contributed by atoms with Gasteiger partial charge >= 0.3 is 18.0 Å². The molecule has 1 N–H and O–H groups in total. The zero-order valence-electron chi connectivity index (χ0n) is 7.72. The molecule has 0 rings (SSSR count). The lowest BCUT2D eigenvalue weighted by molar-refractivity contribution is -0.363. The molecule has 0 aromatic heterocycles. The van der Waals surface area contributed by atoms with Gasteiger partial charge in [-0.1, -0.05) is 0 Å². The van der Waals surface area contributed by atoms with Gasteiger partial charge in [-0.05, 0) is 13.8 Å². The van der Waals surface area contributed by atoms with Gasteiger partial charge in [0.15, 0.2) is 0 Å². The fraction of sp³-hybridized carbons (Fsp3) is 1.00. The number of alkyl halides is 6. The molecule has 1 nitrogen and oxygen atoms in total. The van der Waals surface area contributed by atoms with Gasteiger partial charge in [-0.25, -0.2) is 8.78 Å². The van der Waals surface area contributed by atoms with Crippen molar-refractivity contribution in [3.05, 3.63) is 0 Å². The van der Waals surface area contributed by atoms with Crippen molar-refractivity contribution in [2.24, 2.45) is 5.41 Å². The highest BCUT2D eigenvalue weighted by atomic mass is 19.3. The van der Waals surface area contributed by atoms with Crippen LogP contribution in [-0.2, 0) is 0 Å². The summed E-state index contributed by atoms with van der Waals surface area (Å²) in [5.41, 5.74) is -3.54. The normalized spacial score (nSPS) is 15.9. The van der Waals surface area contributed by atoms with Gasteiger partial charge in [0.1, 0.15) is 5.41 Å². The van der Waals surface area contributed by atoms with Crippen molar-refractivity contribution in [2.75, 3.05) is 0 Å². The summed E-state index contributed by atoms with van der Waals surface area (Å²) in [5, 5.41) is 8.10. The maximum absolute atomic E-state index is 12.8. The quantitative estimate of drug-likeness (QED) is 0.731. The highest BCUT2D eigenvalue weighted by Crippen LogP contribution is 2.53. The Morgan fingerprint density at radius 1 is 0.786 bits per heavy atom. The Morgan fingerprint density at radius 2 is 1.07 bits per heavy atom. The predicted molar refractivity (Wildman–Crippen MR) is 36.5 cm³/mol. The van der Waals surface area contributed by atoms with E-state index in [-0.39, 0.29) is 20.8 Å². The molecule has 0 spiro atoms. The molecular weight excluding hydrogens is 214 g/mol. The van der Waals surface area contributed by atoms with Gasteiger partial charge in [0.2, 0.25) is 0 Å².